The highest BCUT2D eigenvalue weighted by Crippen LogP contribution is 2.19. The maximum Gasteiger partial charge on any atom is 0.328 e. The third-order valence-electron chi connectivity index (χ3n) is 2.81. The molecule has 0 bridgehead atoms. The van der Waals surface area contributed by atoms with Crippen LogP contribution in [-0.4, -0.2) is 21.6 Å². The Labute approximate surface area is 110 Å². The van der Waals surface area contributed by atoms with E-state index in [9.17, 15) is 9.59 Å². The highest BCUT2D eigenvalue weighted by molar-refractivity contribution is 5.94. The molecule has 19 heavy (non-hydrogen) atoms. The van der Waals surface area contributed by atoms with Gasteiger partial charge >= 0.3 is 5.97 Å². The largest absolute Gasteiger partial charge is 0.478 e. The summed E-state index contributed by atoms with van der Waals surface area (Å²) in [7, 11) is 1.94. The maximum absolute atomic E-state index is 11.4. The minimum Gasteiger partial charge on any atom is -0.478 e. The summed E-state index contributed by atoms with van der Waals surface area (Å²) in [5.41, 5.74) is 2.09. The van der Waals surface area contributed by atoms with Crippen molar-refractivity contribution < 1.29 is 14.7 Å². The quantitative estimate of drug-likeness (QED) is 0.815. The number of hydrogen-bond acceptors (Lipinski definition) is 2. The van der Waals surface area contributed by atoms with Crippen LogP contribution in [-0.2, 0) is 23.2 Å². The number of nitrogens with zero attached hydrogens (tertiary/aromatic N) is 1. The van der Waals surface area contributed by atoms with Crippen molar-refractivity contribution in [2.45, 2.75) is 6.54 Å². The lowest BCUT2D eigenvalue weighted by molar-refractivity contribution is -0.131. The number of aromatic nitrogens is 1. The van der Waals surface area contributed by atoms with Gasteiger partial charge in [-0.05, 0) is 11.6 Å². The van der Waals surface area contributed by atoms with Crippen LogP contribution in [0.3, 0.4) is 0 Å². The number of carbonyl (C=O) groups is 2. The van der Waals surface area contributed by atoms with E-state index in [1.54, 1.807) is 0 Å². The lowest BCUT2D eigenvalue weighted by atomic mass is 10.2. The molecule has 1 aromatic heterocycles. The van der Waals surface area contributed by atoms with E-state index in [1.165, 1.54) is 0 Å². The van der Waals surface area contributed by atoms with Gasteiger partial charge in [0.2, 0.25) is 5.91 Å². The summed E-state index contributed by atoms with van der Waals surface area (Å²) in [6, 6.07) is 7.90. The molecule has 0 spiro atoms. The molecule has 0 unspecified atom stereocenters. The summed E-state index contributed by atoms with van der Waals surface area (Å²) in [5.74, 6) is -1.56. The van der Waals surface area contributed by atoms with Crippen molar-refractivity contribution in [1.82, 2.24) is 9.88 Å². The summed E-state index contributed by atoms with van der Waals surface area (Å²) < 4.78 is 1.99. The van der Waals surface area contributed by atoms with Crippen LogP contribution in [0, 0.1) is 0 Å². The second-order valence-corrected chi connectivity index (χ2v) is 4.17. The van der Waals surface area contributed by atoms with E-state index in [0.29, 0.717) is 6.54 Å². The number of aliphatic carboxylic acids is 1. The van der Waals surface area contributed by atoms with Crippen molar-refractivity contribution in [3.8, 4) is 0 Å². The van der Waals surface area contributed by atoms with Crippen molar-refractivity contribution in [1.29, 1.82) is 0 Å². The van der Waals surface area contributed by atoms with Crippen LogP contribution in [0.5, 0.6) is 0 Å². The lowest BCUT2D eigenvalue weighted by Gasteiger charge is -2.00. The van der Waals surface area contributed by atoms with E-state index in [0.717, 1.165) is 28.6 Å². The van der Waals surface area contributed by atoms with Gasteiger partial charge in [0.25, 0.3) is 0 Å². The molecular formula is C14H14N2O3. The number of aryl methyl sites for hydroxylation is 1. The summed E-state index contributed by atoms with van der Waals surface area (Å²) >= 11 is 0. The van der Waals surface area contributed by atoms with Gasteiger partial charge in [-0.15, -0.1) is 0 Å². The predicted octanol–water partition coefficient (Wildman–Crippen LogP) is 1.44. The van der Waals surface area contributed by atoms with E-state index in [-0.39, 0.29) is 0 Å². The summed E-state index contributed by atoms with van der Waals surface area (Å²) in [4.78, 5) is 21.7. The molecule has 1 heterocycles. The van der Waals surface area contributed by atoms with Gasteiger partial charge in [0.05, 0.1) is 0 Å². The topological polar surface area (TPSA) is 71.3 Å². The first kappa shape index (κ1) is 12.9. The Kier molecular flexibility index (Phi) is 3.66. The average Bonchev–Trinajstić information content (AvgIpc) is 2.71. The second-order valence-electron chi connectivity index (χ2n) is 4.17. The molecule has 0 aliphatic heterocycles. The number of fused-ring (bicyclic) bond motifs is 1. The van der Waals surface area contributed by atoms with Crippen molar-refractivity contribution in [2.75, 3.05) is 0 Å². The van der Waals surface area contributed by atoms with Gasteiger partial charge in [-0.2, -0.15) is 0 Å². The van der Waals surface area contributed by atoms with Crippen LogP contribution in [0.1, 0.15) is 5.56 Å². The first-order valence-corrected chi connectivity index (χ1v) is 5.79. The molecule has 98 valence electrons. The van der Waals surface area contributed by atoms with Gasteiger partial charge in [-0.25, -0.2) is 4.79 Å². The molecule has 0 radical (unpaired) electrons. The molecule has 0 saturated heterocycles. The van der Waals surface area contributed by atoms with E-state index in [4.69, 9.17) is 5.11 Å². The molecule has 0 aliphatic rings. The standard InChI is InChI=1S/C14H14N2O3/c1-16-9-10(11-4-2-3-5-12(11)16)8-15-13(17)6-7-14(18)19/h2-7,9H,8H2,1H3,(H,15,17)(H,18,19)/b7-6+. The van der Waals surface area contributed by atoms with Crippen molar-refractivity contribution in [3.63, 3.8) is 0 Å². The third-order valence-corrected chi connectivity index (χ3v) is 2.81. The Bertz CT molecular complexity index is 656. The van der Waals surface area contributed by atoms with Crippen LogP contribution >= 0.6 is 0 Å². The molecule has 0 atom stereocenters. The fourth-order valence-corrected chi connectivity index (χ4v) is 1.95. The molecule has 5 heteroatoms. The number of rotatable bonds is 4. The van der Waals surface area contributed by atoms with Crippen LogP contribution in [0.4, 0.5) is 0 Å². The van der Waals surface area contributed by atoms with E-state index >= 15 is 0 Å². The number of carboxylic acid groups (broad SMARTS) is 1. The van der Waals surface area contributed by atoms with Gasteiger partial charge < -0.3 is 15.0 Å². The fraction of sp³-hybridized carbons (Fsp3) is 0.143. The normalized spacial score (nSPS) is 11.0. The number of para-hydroxylation sites is 1. The molecule has 1 aromatic carbocycles. The molecule has 0 aliphatic carbocycles. The van der Waals surface area contributed by atoms with Crippen molar-refractivity contribution in [3.05, 3.63) is 48.2 Å². The Hall–Kier alpha value is -2.56. The van der Waals surface area contributed by atoms with Gasteiger partial charge in [0.15, 0.2) is 0 Å². The number of carbonyl (C=O) groups excluding carboxylic acids is 1. The van der Waals surface area contributed by atoms with Gasteiger partial charge in [0, 0.05) is 42.8 Å². The summed E-state index contributed by atoms with van der Waals surface area (Å²) in [6.07, 6.45) is 3.78. The SMILES string of the molecule is Cn1cc(CNC(=O)/C=C/C(=O)O)c2ccccc21. The number of hydrogen-bond donors (Lipinski definition) is 2. The van der Waals surface area contributed by atoms with Gasteiger partial charge in [0.1, 0.15) is 0 Å². The molecule has 5 nitrogen and oxygen atoms in total. The van der Waals surface area contributed by atoms with Crippen molar-refractivity contribution >= 4 is 22.8 Å². The molecule has 2 aromatic rings. The van der Waals surface area contributed by atoms with Crippen LogP contribution in [0.25, 0.3) is 10.9 Å². The second kappa shape index (κ2) is 5.39. The van der Waals surface area contributed by atoms with Crippen molar-refractivity contribution in [2.24, 2.45) is 7.05 Å². The Morgan fingerprint density at radius 3 is 2.79 bits per heavy atom. The lowest BCUT2D eigenvalue weighted by Crippen LogP contribution is -2.20. The number of carboxylic acids is 1. The van der Waals surface area contributed by atoms with Gasteiger partial charge in [-0.3, -0.25) is 4.79 Å². The van der Waals surface area contributed by atoms with E-state index in [1.807, 2.05) is 42.1 Å². The molecule has 1 amide bonds. The predicted molar refractivity (Wildman–Crippen MR) is 71.5 cm³/mol. The Morgan fingerprint density at radius 1 is 1.32 bits per heavy atom. The average molecular weight is 258 g/mol. The minimum atomic E-state index is -1.14. The minimum absolute atomic E-state index is 0.365. The molecule has 0 fully saturated rings. The summed E-state index contributed by atoms with van der Waals surface area (Å²) in [6.45, 7) is 0.365. The summed E-state index contributed by atoms with van der Waals surface area (Å²) in [5, 5.41) is 12.2. The first-order valence-electron chi connectivity index (χ1n) is 5.79. The first-order chi connectivity index (χ1) is 9.08. The van der Waals surface area contributed by atoms with Crippen LogP contribution in [0.15, 0.2) is 42.6 Å². The number of nitrogens with one attached hydrogen (secondary N) is 1. The molecule has 0 saturated carbocycles. The zero-order chi connectivity index (χ0) is 13.8. The maximum atomic E-state index is 11.4. The number of benzene rings is 1. The zero-order valence-corrected chi connectivity index (χ0v) is 10.5. The molecular weight excluding hydrogens is 244 g/mol. The van der Waals surface area contributed by atoms with Crippen LogP contribution < -0.4 is 5.32 Å². The monoisotopic (exact) mass is 258 g/mol. The zero-order valence-electron chi connectivity index (χ0n) is 10.5. The third kappa shape index (κ3) is 3.01. The molecule has 2 rings (SSSR count). The van der Waals surface area contributed by atoms with E-state index < -0.39 is 11.9 Å². The smallest absolute Gasteiger partial charge is 0.328 e. The Morgan fingerprint density at radius 2 is 2.05 bits per heavy atom. The number of amides is 1. The Balaban J connectivity index is 2.10. The van der Waals surface area contributed by atoms with E-state index in [2.05, 4.69) is 5.32 Å². The fourth-order valence-electron chi connectivity index (χ4n) is 1.95. The molecule has 2 N–H and O–H groups in total. The highest BCUT2D eigenvalue weighted by atomic mass is 16.4. The van der Waals surface area contributed by atoms with Crippen LogP contribution in [0.2, 0.25) is 0 Å². The van der Waals surface area contributed by atoms with Gasteiger partial charge in [-0.1, -0.05) is 18.2 Å². The highest BCUT2D eigenvalue weighted by Gasteiger charge is 2.06.